The SMILES string of the molecule is CCCNC(c1c(Br)cnn1C(C)C)C1CCCCS1. The molecule has 114 valence electrons. The zero-order valence-corrected chi connectivity index (χ0v) is 15.1. The largest absolute Gasteiger partial charge is 0.308 e. The molecule has 1 saturated heterocycles. The van der Waals surface area contributed by atoms with Gasteiger partial charge in [-0.25, -0.2) is 0 Å². The van der Waals surface area contributed by atoms with E-state index in [4.69, 9.17) is 0 Å². The van der Waals surface area contributed by atoms with Gasteiger partial charge in [0.05, 0.1) is 22.4 Å². The Morgan fingerprint density at radius 1 is 1.50 bits per heavy atom. The van der Waals surface area contributed by atoms with E-state index >= 15 is 0 Å². The Morgan fingerprint density at radius 2 is 2.30 bits per heavy atom. The molecule has 2 atom stereocenters. The molecule has 0 radical (unpaired) electrons. The van der Waals surface area contributed by atoms with Crippen LogP contribution in [-0.2, 0) is 0 Å². The van der Waals surface area contributed by atoms with Gasteiger partial charge in [-0.2, -0.15) is 16.9 Å². The number of hydrogen-bond donors (Lipinski definition) is 1. The van der Waals surface area contributed by atoms with Crippen LogP contribution >= 0.6 is 27.7 Å². The minimum Gasteiger partial charge on any atom is -0.308 e. The van der Waals surface area contributed by atoms with Crippen LogP contribution in [0.5, 0.6) is 0 Å². The molecule has 20 heavy (non-hydrogen) atoms. The zero-order chi connectivity index (χ0) is 14.5. The lowest BCUT2D eigenvalue weighted by Crippen LogP contribution is -2.34. The minimum absolute atomic E-state index is 0.399. The van der Waals surface area contributed by atoms with Crippen molar-refractivity contribution in [2.24, 2.45) is 0 Å². The molecule has 3 nitrogen and oxygen atoms in total. The van der Waals surface area contributed by atoms with Crippen LogP contribution in [0.2, 0.25) is 0 Å². The Morgan fingerprint density at radius 3 is 2.90 bits per heavy atom. The fraction of sp³-hybridized carbons (Fsp3) is 0.800. The van der Waals surface area contributed by atoms with Crippen LogP contribution < -0.4 is 5.32 Å². The molecule has 1 fully saturated rings. The highest BCUT2D eigenvalue weighted by atomic mass is 79.9. The zero-order valence-electron chi connectivity index (χ0n) is 12.7. The molecular weight excluding hydrogens is 334 g/mol. The van der Waals surface area contributed by atoms with E-state index in [1.807, 2.05) is 6.20 Å². The van der Waals surface area contributed by atoms with E-state index in [0.717, 1.165) is 11.0 Å². The number of thioether (sulfide) groups is 1. The van der Waals surface area contributed by atoms with Gasteiger partial charge < -0.3 is 5.32 Å². The number of aromatic nitrogens is 2. The molecule has 2 rings (SSSR count). The van der Waals surface area contributed by atoms with Crippen LogP contribution in [0, 0.1) is 0 Å². The van der Waals surface area contributed by atoms with Crippen molar-refractivity contribution in [2.75, 3.05) is 12.3 Å². The van der Waals surface area contributed by atoms with E-state index in [9.17, 15) is 0 Å². The normalized spacial score (nSPS) is 21.4. The lowest BCUT2D eigenvalue weighted by atomic mass is 10.0. The van der Waals surface area contributed by atoms with Crippen molar-refractivity contribution in [3.8, 4) is 0 Å². The maximum Gasteiger partial charge on any atom is 0.0710 e. The van der Waals surface area contributed by atoms with Gasteiger partial charge in [-0.15, -0.1) is 0 Å². The summed E-state index contributed by atoms with van der Waals surface area (Å²) in [7, 11) is 0. The molecule has 0 aliphatic carbocycles. The molecule has 1 aromatic rings. The fourth-order valence-electron chi connectivity index (χ4n) is 2.79. The Bertz CT molecular complexity index is 413. The monoisotopic (exact) mass is 359 g/mol. The second-order valence-corrected chi connectivity index (χ2v) is 7.95. The quantitative estimate of drug-likeness (QED) is 0.807. The van der Waals surface area contributed by atoms with Crippen LogP contribution in [0.4, 0.5) is 0 Å². The van der Waals surface area contributed by atoms with Crippen molar-refractivity contribution in [1.82, 2.24) is 15.1 Å². The van der Waals surface area contributed by atoms with Gasteiger partial charge in [0.2, 0.25) is 0 Å². The summed E-state index contributed by atoms with van der Waals surface area (Å²) in [5, 5.41) is 8.99. The number of nitrogens with zero attached hydrogens (tertiary/aromatic N) is 2. The molecule has 1 aliphatic heterocycles. The van der Waals surface area contributed by atoms with Gasteiger partial charge in [0.15, 0.2) is 0 Å². The highest BCUT2D eigenvalue weighted by Gasteiger charge is 2.30. The first-order chi connectivity index (χ1) is 9.65. The molecule has 1 N–H and O–H groups in total. The van der Waals surface area contributed by atoms with Crippen LogP contribution in [0.3, 0.4) is 0 Å². The smallest absolute Gasteiger partial charge is 0.0710 e. The Hall–Kier alpha value is -0.000000000000000111. The Balaban J connectivity index is 2.27. The van der Waals surface area contributed by atoms with Crippen molar-refractivity contribution < 1.29 is 0 Å². The molecular formula is C15H26BrN3S. The number of nitrogens with one attached hydrogen (secondary N) is 1. The van der Waals surface area contributed by atoms with Crippen molar-refractivity contribution in [2.45, 2.75) is 63.8 Å². The third-order valence-corrected chi connectivity index (χ3v) is 5.84. The lowest BCUT2D eigenvalue weighted by Gasteiger charge is -2.32. The first-order valence-corrected chi connectivity index (χ1v) is 9.57. The molecule has 0 amide bonds. The van der Waals surface area contributed by atoms with Crippen LogP contribution in [-0.4, -0.2) is 27.3 Å². The van der Waals surface area contributed by atoms with Crippen LogP contribution in [0.25, 0.3) is 0 Å². The average molecular weight is 360 g/mol. The van der Waals surface area contributed by atoms with E-state index in [2.05, 4.69) is 63.6 Å². The second kappa shape index (κ2) is 7.85. The molecule has 1 aliphatic rings. The second-order valence-electron chi connectivity index (χ2n) is 5.75. The first kappa shape index (κ1) is 16.4. The lowest BCUT2D eigenvalue weighted by molar-refractivity contribution is 0.419. The molecule has 0 aromatic carbocycles. The van der Waals surface area contributed by atoms with Crippen LogP contribution in [0.15, 0.2) is 10.7 Å². The fourth-order valence-corrected chi connectivity index (χ4v) is 4.73. The summed E-state index contributed by atoms with van der Waals surface area (Å²) in [6, 6.07) is 0.801. The van der Waals surface area contributed by atoms with E-state index in [0.29, 0.717) is 17.3 Å². The summed E-state index contributed by atoms with van der Waals surface area (Å²) < 4.78 is 3.32. The third kappa shape index (κ3) is 3.80. The molecule has 0 bridgehead atoms. The van der Waals surface area contributed by atoms with Gasteiger partial charge in [-0.3, -0.25) is 4.68 Å². The Labute approximate surface area is 135 Å². The van der Waals surface area contributed by atoms with Crippen molar-refractivity contribution in [3.63, 3.8) is 0 Å². The van der Waals surface area contributed by atoms with Gasteiger partial charge in [0, 0.05) is 11.3 Å². The average Bonchev–Trinajstić information content (AvgIpc) is 2.83. The summed E-state index contributed by atoms with van der Waals surface area (Å²) >= 11 is 5.84. The first-order valence-electron chi connectivity index (χ1n) is 7.73. The topological polar surface area (TPSA) is 29.9 Å². The maximum absolute atomic E-state index is 4.56. The van der Waals surface area contributed by atoms with E-state index in [1.165, 1.54) is 37.1 Å². The van der Waals surface area contributed by atoms with Crippen molar-refractivity contribution >= 4 is 27.7 Å². The standard InChI is InChI=1S/C15H26BrN3S/c1-4-8-17-14(13-7-5-6-9-20-13)15-12(16)10-18-19(15)11(2)3/h10-11,13-14,17H,4-9H2,1-3H3. The van der Waals surface area contributed by atoms with Gasteiger partial charge in [-0.1, -0.05) is 13.3 Å². The van der Waals surface area contributed by atoms with E-state index in [-0.39, 0.29) is 0 Å². The summed E-state index contributed by atoms with van der Waals surface area (Å²) in [6.07, 6.45) is 7.15. The van der Waals surface area contributed by atoms with Gasteiger partial charge in [-0.05, 0) is 61.3 Å². The molecule has 1 aromatic heterocycles. The summed E-state index contributed by atoms with van der Waals surface area (Å²) in [5.41, 5.74) is 1.33. The van der Waals surface area contributed by atoms with Crippen molar-refractivity contribution in [1.29, 1.82) is 0 Å². The summed E-state index contributed by atoms with van der Waals surface area (Å²) in [4.78, 5) is 0. The van der Waals surface area contributed by atoms with E-state index < -0.39 is 0 Å². The van der Waals surface area contributed by atoms with Gasteiger partial charge in [0.1, 0.15) is 0 Å². The molecule has 5 heteroatoms. The van der Waals surface area contributed by atoms with Crippen molar-refractivity contribution in [3.05, 3.63) is 16.4 Å². The molecule has 0 saturated carbocycles. The minimum atomic E-state index is 0.399. The summed E-state index contributed by atoms with van der Waals surface area (Å²) in [6.45, 7) is 7.70. The summed E-state index contributed by atoms with van der Waals surface area (Å²) in [5.74, 6) is 1.29. The number of halogens is 1. The number of hydrogen-bond acceptors (Lipinski definition) is 3. The Kier molecular flexibility index (Phi) is 6.43. The molecule has 0 spiro atoms. The highest BCUT2D eigenvalue weighted by Crippen LogP contribution is 2.38. The number of rotatable bonds is 6. The highest BCUT2D eigenvalue weighted by molar-refractivity contribution is 9.10. The molecule has 2 unspecified atom stereocenters. The predicted octanol–water partition coefficient (Wildman–Crippen LogP) is 4.55. The van der Waals surface area contributed by atoms with Gasteiger partial charge >= 0.3 is 0 Å². The predicted molar refractivity (Wildman–Crippen MR) is 91.4 cm³/mol. The molecule has 2 heterocycles. The van der Waals surface area contributed by atoms with Gasteiger partial charge in [0.25, 0.3) is 0 Å². The van der Waals surface area contributed by atoms with Crippen LogP contribution in [0.1, 0.15) is 64.2 Å². The maximum atomic E-state index is 4.56. The van der Waals surface area contributed by atoms with E-state index in [1.54, 1.807) is 0 Å². The third-order valence-electron chi connectivity index (χ3n) is 3.77.